The molecule has 0 aliphatic heterocycles. The molecule has 0 unspecified atom stereocenters. The van der Waals surface area contributed by atoms with E-state index in [0.29, 0.717) is 0 Å². The van der Waals surface area contributed by atoms with Crippen LogP contribution in [0, 0.1) is 11.6 Å². The summed E-state index contributed by atoms with van der Waals surface area (Å²) in [6, 6.07) is 7.51. The standard InChI is InChI=1S/C17H19BF2NO3/c1-16(2,22)17(3,4)24-18-11-8-9-12(15(20)14(11)19)23-13-7-5-6-10-21-13/h5-10,22H,1-4H3. The predicted molar refractivity (Wildman–Crippen MR) is 87.5 cm³/mol. The van der Waals surface area contributed by atoms with Crippen molar-refractivity contribution in [2.24, 2.45) is 0 Å². The van der Waals surface area contributed by atoms with E-state index in [0.717, 1.165) is 7.48 Å². The lowest BCUT2D eigenvalue weighted by Gasteiger charge is -2.37. The summed E-state index contributed by atoms with van der Waals surface area (Å²) >= 11 is 0. The first-order valence-electron chi connectivity index (χ1n) is 7.42. The van der Waals surface area contributed by atoms with E-state index in [1.54, 1.807) is 39.8 Å². The number of hydrogen-bond acceptors (Lipinski definition) is 4. The highest BCUT2D eigenvalue weighted by molar-refractivity contribution is 6.47. The van der Waals surface area contributed by atoms with E-state index in [-0.39, 0.29) is 17.1 Å². The normalized spacial score (nSPS) is 12.1. The largest absolute Gasteiger partial charge is 0.436 e. The van der Waals surface area contributed by atoms with Gasteiger partial charge in [-0.2, -0.15) is 4.39 Å². The van der Waals surface area contributed by atoms with Crippen LogP contribution >= 0.6 is 0 Å². The van der Waals surface area contributed by atoms with Crippen molar-refractivity contribution < 1.29 is 23.3 Å². The van der Waals surface area contributed by atoms with Gasteiger partial charge in [-0.25, -0.2) is 9.37 Å². The zero-order valence-electron chi connectivity index (χ0n) is 14.0. The fourth-order valence-corrected chi connectivity index (χ4v) is 1.59. The number of halogens is 2. The molecule has 0 aliphatic rings. The van der Waals surface area contributed by atoms with Gasteiger partial charge >= 0.3 is 7.48 Å². The Kier molecular flexibility index (Phi) is 5.25. The fraction of sp³-hybridized carbons (Fsp3) is 0.353. The van der Waals surface area contributed by atoms with Crippen LogP contribution in [0.1, 0.15) is 27.7 Å². The topological polar surface area (TPSA) is 51.6 Å². The Bertz CT molecular complexity index is 703. The molecule has 127 valence electrons. The molecule has 4 nitrogen and oxygen atoms in total. The number of pyridine rings is 1. The van der Waals surface area contributed by atoms with Crippen molar-refractivity contribution >= 4 is 12.9 Å². The predicted octanol–water partition coefficient (Wildman–Crippen LogP) is 2.96. The monoisotopic (exact) mass is 334 g/mol. The van der Waals surface area contributed by atoms with Gasteiger partial charge in [-0.05, 0) is 45.3 Å². The van der Waals surface area contributed by atoms with Crippen LogP contribution in [0.15, 0.2) is 36.5 Å². The molecule has 0 saturated carbocycles. The van der Waals surface area contributed by atoms with Crippen LogP contribution < -0.4 is 10.2 Å². The molecule has 0 aliphatic carbocycles. The summed E-state index contributed by atoms with van der Waals surface area (Å²) < 4.78 is 39.0. The molecule has 1 aromatic heterocycles. The first kappa shape index (κ1) is 18.4. The Morgan fingerprint density at radius 2 is 1.75 bits per heavy atom. The lowest BCUT2D eigenvalue weighted by atomic mass is 9.82. The third-order valence-corrected chi connectivity index (χ3v) is 3.88. The van der Waals surface area contributed by atoms with Gasteiger partial charge in [0.05, 0.1) is 11.2 Å². The highest BCUT2D eigenvalue weighted by atomic mass is 19.2. The number of nitrogens with zero attached hydrogens (tertiary/aromatic N) is 1. The van der Waals surface area contributed by atoms with Gasteiger partial charge in [-0.3, -0.25) is 0 Å². The lowest BCUT2D eigenvalue weighted by Crippen LogP contribution is -2.49. The highest BCUT2D eigenvalue weighted by Crippen LogP contribution is 2.26. The van der Waals surface area contributed by atoms with E-state index < -0.39 is 22.8 Å². The second-order valence-electron chi connectivity index (χ2n) is 6.36. The van der Waals surface area contributed by atoms with Crippen molar-refractivity contribution in [1.29, 1.82) is 0 Å². The van der Waals surface area contributed by atoms with Gasteiger partial charge in [0.2, 0.25) is 11.7 Å². The van der Waals surface area contributed by atoms with E-state index >= 15 is 0 Å². The number of ether oxygens (including phenoxy) is 1. The van der Waals surface area contributed by atoms with Gasteiger partial charge in [0.1, 0.15) is 0 Å². The molecule has 0 bridgehead atoms. The van der Waals surface area contributed by atoms with E-state index in [9.17, 15) is 13.9 Å². The highest BCUT2D eigenvalue weighted by Gasteiger charge is 2.36. The second-order valence-corrected chi connectivity index (χ2v) is 6.36. The van der Waals surface area contributed by atoms with Crippen molar-refractivity contribution in [2.45, 2.75) is 38.9 Å². The maximum Gasteiger partial charge on any atom is 0.334 e. The van der Waals surface area contributed by atoms with Crippen LogP contribution in [0.25, 0.3) is 0 Å². The van der Waals surface area contributed by atoms with Gasteiger partial charge in [0, 0.05) is 12.3 Å². The van der Waals surface area contributed by atoms with Crippen LogP contribution in [0.3, 0.4) is 0 Å². The Morgan fingerprint density at radius 1 is 1.04 bits per heavy atom. The molecule has 2 aromatic rings. The third kappa shape index (κ3) is 4.10. The van der Waals surface area contributed by atoms with E-state index in [2.05, 4.69) is 4.98 Å². The zero-order chi connectivity index (χ0) is 18.0. The first-order valence-corrected chi connectivity index (χ1v) is 7.42. The number of rotatable bonds is 6. The SMILES string of the molecule is CC(C)(O)C(C)(C)O[B]c1ccc(Oc2ccccn2)c(F)c1F. The van der Waals surface area contributed by atoms with Gasteiger partial charge in [-0.15, -0.1) is 0 Å². The molecular formula is C17H19BF2NO3. The average Bonchev–Trinajstić information content (AvgIpc) is 2.51. The summed E-state index contributed by atoms with van der Waals surface area (Å²) in [7, 11) is 1.08. The van der Waals surface area contributed by atoms with Gasteiger partial charge in [-0.1, -0.05) is 12.1 Å². The van der Waals surface area contributed by atoms with Crippen LogP contribution in [0.4, 0.5) is 8.78 Å². The van der Waals surface area contributed by atoms with Gasteiger partial charge in [0.25, 0.3) is 0 Å². The van der Waals surface area contributed by atoms with E-state index in [1.807, 2.05) is 0 Å². The summed E-state index contributed by atoms with van der Waals surface area (Å²) in [6.45, 7) is 6.44. The van der Waals surface area contributed by atoms with Crippen molar-refractivity contribution in [2.75, 3.05) is 0 Å². The molecule has 1 radical (unpaired) electrons. The van der Waals surface area contributed by atoms with Crippen molar-refractivity contribution in [3.8, 4) is 11.6 Å². The van der Waals surface area contributed by atoms with Crippen molar-refractivity contribution in [3.63, 3.8) is 0 Å². The Labute approximate surface area is 140 Å². The second kappa shape index (κ2) is 6.87. The van der Waals surface area contributed by atoms with Crippen molar-refractivity contribution in [3.05, 3.63) is 48.2 Å². The Hall–Kier alpha value is -1.99. The number of aromatic nitrogens is 1. The average molecular weight is 334 g/mol. The number of benzene rings is 1. The first-order chi connectivity index (χ1) is 11.1. The zero-order valence-corrected chi connectivity index (χ0v) is 14.0. The summed E-state index contributed by atoms with van der Waals surface area (Å²) in [5.41, 5.74) is -2.24. The summed E-state index contributed by atoms with van der Waals surface area (Å²) in [5.74, 6) is -2.36. The third-order valence-electron chi connectivity index (χ3n) is 3.88. The molecular weight excluding hydrogens is 315 g/mol. The van der Waals surface area contributed by atoms with E-state index in [4.69, 9.17) is 9.39 Å². The smallest absolute Gasteiger partial charge is 0.334 e. The molecule has 1 heterocycles. The maximum atomic E-state index is 14.2. The fourth-order valence-electron chi connectivity index (χ4n) is 1.59. The van der Waals surface area contributed by atoms with Crippen LogP contribution in [0.2, 0.25) is 0 Å². The van der Waals surface area contributed by atoms with Crippen LogP contribution in [-0.4, -0.2) is 28.8 Å². The molecule has 2 rings (SSSR count). The molecule has 0 amide bonds. The molecule has 0 spiro atoms. The summed E-state index contributed by atoms with van der Waals surface area (Å²) in [4.78, 5) is 3.89. The summed E-state index contributed by atoms with van der Waals surface area (Å²) in [5, 5.41) is 10.0. The molecule has 1 N–H and O–H groups in total. The minimum Gasteiger partial charge on any atom is -0.436 e. The minimum absolute atomic E-state index is 0.0850. The maximum absolute atomic E-state index is 14.2. The number of aliphatic hydroxyl groups is 1. The molecule has 24 heavy (non-hydrogen) atoms. The van der Waals surface area contributed by atoms with Crippen molar-refractivity contribution in [1.82, 2.24) is 4.98 Å². The van der Waals surface area contributed by atoms with E-state index in [1.165, 1.54) is 24.4 Å². The minimum atomic E-state index is -1.17. The number of hydrogen-bond donors (Lipinski definition) is 1. The lowest BCUT2D eigenvalue weighted by molar-refractivity contribution is -0.0893. The summed E-state index contributed by atoms with van der Waals surface area (Å²) in [6.07, 6.45) is 1.48. The van der Waals surface area contributed by atoms with Gasteiger partial charge in [0.15, 0.2) is 11.6 Å². The quantitative estimate of drug-likeness (QED) is 0.826. The molecule has 7 heteroatoms. The van der Waals surface area contributed by atoms with Gasteiger partial charge < -0.3 is 14.5 Å². The Balaban J connectivity index is 2.15. The Morgan fingerprint density at radius 3 is 2.33 bits per heavy atom. The van der Waals surface area contributed by atoms with Crippen LogP contribution in [-0.2, 0) is 4.65 Å². The molecule has 0 fully saturated rings. The molecule has 0 atom stereocenters. The van der Waals surface area contributed by atoms with Crippen LogP contribution in [0.5, 0.6) is 11.6 Å². The molecule has 1 aromatic carbocycles. The molecule has 0 saturated heterocycles.